The fourth-order valence-electron chi connectivity index (χ4n) is 1.87. The van der Waals surface area contributed by atoms with Crippen molar-refractivity contribution in [3.05, 3.63) is 0 Å². The minimum Gasteiger partial charge on any atom is -0.481 e. The number of nitrogens with two attached hydrogens (primary N) is 1. The number of hydrogen-bond donors (Lipinski definition) is 2. The molecule has 1 rings (SSSR count). The Balaban J connectivity index is 2.58. The maximum absolute atomic E-state index is 10.6. The normalized spacial score (nSPS) is 33.5. The van der Waals surface area contributed by atoms with Crippen molar-refractivity contribution in [3.63, 3.8) is 0 Å². The van der Waals surface area contributed by atoms with Crippen molar-refractivity contribution < 1.29 is 14.6 Å². The van der Waals surface area contributed by atoms with E-state index in [2.05, 4.69) is 6.92 Å². The van der Waals surface area contributed by atoms with Gasteiger partial charge in [0.1, 0.15) is 0 Å². The Morgan fingerprint density at radius 1 is 1.77 bits per heavy atom. The first-order valence-corrected chi connectivity index (χ1v) is 4.67. The van der Waals surface area contributed by atoms with Crippen molar-refractivity contribution in [2.45, 2.75) is 31.7 Å². The lowest BCUT2D eigenvalue weighted by atomic mass is 9.82. The second-order valence-electron chi connectivity index (χ2n) is 3.80. The monoisotopic (exact) mass is 187 g/mol. The predicted molar refractivity (Wildman–Crippen MR) is 48.4 cm³/mol. The molecular weight excluding hydrogens is 170 g/mol. The first-order chi connectivity index (χ1) is 6.08. The molecule has 0 aromatic carbocycles. The van der Waals surface area contributed by atoms with Gasteiger partial charge in [-0.25, -0.2) is 0 Å². The van der Waals surface area contributed by atoms with E-state index in [0.29, 0.717) is 13.2 Å². The molecule has 1 saturated heterocycles. The molecule has 0 amide bonds. The van der Waals surface area contributed by atoms with E-state index in [-0.39, 0.29) is 12.3 Å². The van der Waals surface area contributed by atoms with Crippen LogP contribution in [0.1, 0.15) is 26.2 Å². The highest BCUT2D eigenvalue weighted by Crippen LogP contribution is 2.29. The van der Waals surface area contributed by atoms with E-state index >= 15 is 0 Å². The summed E-state index contributed by atoms with van der Waals surface area (Å²) in [6.07, 6.45) is 1.98. The number of carboxylic acid groups (broad SMARTS) is 1. The number of carbonyl (C=O) groups is 1. The fourth-order valence-corrected chi connectivity index (χ4v) is 1.87. The third-order valence-corrected chi connectivity index (χ3v) is 2.62. The summed E-state index contributed by atoms with van der Waals surface area (Å²) in [5.74, 6) is -0.636. The van der Waals surface area contributed by atoms with Crippen LogP contribution in [-0.2, 0) is 9.53 Å². The molecule has 1 aliphatic heterocycles. The molecule has 0 saturated carbocycles. The van der Waals surface area contributed by atoms with E-state index in [1.54, 1.807) is 0 Å². The fraction of sp³-hybridized carbons (Fsp3) is 0.889. The number of ether oxygens (including phenoxy) is 1. The number of carboxylic acids is 1. The van der Waals surface area contributed by atoms with Crippen LogP contribution in [0.5, 0.6) is 0 Å². The van der Waals surface area contributed by atoms with Gasteiger partial charge in [0.05, 0.1) is 25.2 Å². The summed E-state index contributed by atoms with van der Waals surface area (Å²) in [4.78, 5) is 10.6. The summed E-state index contributed by atoms with van der Waals surface area (Å²) < 4.78 is 5.24. The standard InChI is InChI=1S/C9H17NO3/c1-2-3-7-5-13-6-9(7,10)4-8(11)12/h7H,2-6,10H2,1H3,(H,11,12). The van der Waals surface area contributed by atoms with Crippen LogP contribution in [0.2, 0.25) is 0 Å². The summed E-state index contributed by atoms with van der Waals surface area (Å²) in [6, 6.07) is 0. The highest BCUT2D eigenvalue weighted by Gasteiger charge is 2.41. The summed E-state index contributed by atoms with van der Waals surface area (Å²) in [5.41, 5.74) is 5.35. The van der Waals surface area contributed by atoms with Gasteiger partial charge >= 0.3 is 5.97 Å². The molecule has 0 aliphatic carbocycles. The smallest absolute Gasteiger partial charge is 0.305 e. The Bertz CT molecular complexity index is 195. The molecule has 0 bridgehead atoms. The second-order valence-corrected chi connectivity index (χ2v) is 3.80. The summed E-state index contributed by atoms with van der Waals surface area (Å²) in [7, 11) is 0. The van der Waals surface area contributed by atoms with Gasteiger partial charge in [-0.1, -0.05) is 13.3 Å². The molecule has 76 valence electrons. The zero-order chi connectivity index (χ0) is 9.90. The number of aliphatic carboxylic acids is 1. The molecule has 1 heterocycles. The lowest BCUT2D eigenvalue weighted by Crippen LogP contribution is -2.48. The molecule has 1 fully saturated rings. The third-order valence-electron chi connectivity index (χ3n) is 2.62. The van der Waals surface area contributed by atoms with Crippen LogP contribution in [-0.4, -0.2) is 29.8 Å². The number of rotatable bonds is 4. The van der Waals surface area contributed by atoms with Crippen LogP contribution in [0, 0.1) is 5.92 Å². The number of hydrogen-bond acceptors (Lipinski definition) is 3. The average molecular weight is 187 g/mol. The van der Waals surface area contributed by atoms with Crippen molar-refractivity contribution in [1.29, 1.82) is 0 Å². The summed E-state index contributed by atoms with van der Waals surface area (Å²) >= 11 is 0. The van der Waals surface area contributed by atoms with Gasteiger partial charge < -0.3 is 15.6 Å². The zero-order valence-corrected chi connectivity index (χ0v) is 7.95. The van der Waals surface area contributed by atoms with E-state index in [1.807, 2.05) is 0 Å². The minimum atomic E-state index is -0.839. The first kappa shape index (κ1) is 10.5. The van der Waals surface area contributed by atoms with Crippen molar-refractivity contribution in [3.8, 4) is 0 Å². The van der Waals surface area contributed by atoms with Gasteiger partial charge in [-0.15, -0.1) is 0 Å². The summed E-state index contributed by atoms with van der Waals surface area (Å²) in [6.45, 7) is 3.06. The molecule has 0 radical (unpaired) electrons. The molecule has 2 atom stereocenters. The van der Waals surface area contributed by atoms with Gasteiger partial charge in [-0.05, 0) is 6.42 Å². The first-order valence-electron chi connectivity index (χ1n) is 4.67. The van der Waals surface area contributed by atoms with Gasteiger partial charge in [-0.3, -0.25) is 4.79 Å². The largest absolute Gasteiger partial charge is 0.481 e. The van der Waals surface area contributed by atoms with Gasteiger partial charge in [-0.2, -0.15) is 0 Å². The van der Waals surface area contributed by atoms with Crippen LogP contribution < -0.4 is 5.73 Å². The van der Waals surface area contributed by atoms with Crippen molar-refractivity contribution in [1.82, 2.24) is 0 Å². The maximum Gasteiger partial charge on any atom is 0.305 e. The van der Waals surface area contributed by atoms with Crippen LogP contribution in [0.15, 0.2) is 0 Å². The molecule has 13 heavy (non-hydrogen) atoms. The SMILES string of the molecule is CCCC1COCC1(N)CC(=O)O. The van der Waals surface area contributed by atoms with Crippen LogP contribution in [0.4, 0.5) is 0 Å². The molecule has 3 N–H and O–H groups in total. The maximum atomic E-state index is 10.6. The molecule has 0 aromatic rings. The topological polar surface area (TPSA) is 72.5 Å². The highest BCUT2D eigenvalue weighted by molar-refractivity contribution is 5.68. The Morgan fingerprint density at radius 3 is 3.00 bits per heavy atom. The van der Waals surface area contributed by atoms with E-state index in [9.17, 15) is 4.79 Å². The molecular formula is C9H17NO3. The second kappa shape index (κ2) is 4.07. The summed E-state index contributed by atoms with van der Waals surface area (Å²) in [5, 5.41) is 8.69. The van der Waals surface area contributed by atoms with E-state index in [0.717, 1.165) is 12.8 Å². The van der Waals surface area contributed by atoms with Crippen molar-refractivity contribution >= 4 is 5.97 Å². The molecule has 0 spiro atoms. The van der Waals surface area contributed by atoms with Gasteiger partial charge in [0.25, 0.3) is 0 Å². The molecule has 2 unspecified atom stereocenters. The van der Waals surface area contributed by atoms with Crippen molar-refractivity contribution in [2.75, 3.05) is 13.2 Å². The zero-order valence-electron chi connectivity index (χ0n) is 7.95. The Hall–Kier alpha value is -0.610. The molecule has 1 aliphatic rings. The highest BCUT2D eigenvalue weighted by atomic mass is 16.5. The van der Waals surface area contributed by atoms with E-state index < -0.39 is 11.5 Å². The Morgan fingerprint density at radius 2 is 2.46 bits per heavy atom. The lowest BCUT2D eigenvalue weighted by Gasteiger charge is -2.27. The Labute approximate surface area is 78.1 Å². The van der Waals surface area contributed by atoms with Crippen LogP contribution in [0.3, 0.4) is 0 Å². The van der Waals surface area contributed by atoms with E-state index in [4.69, 9.17) is 15.6 Å². The van der Waals surface area contributed by atoms with Crippen LogP contribution >= 0.6 is 0 Å². The van der Waals surface area contributed by atoms with Gasteiger partial charge in [0.15, 0.2) is 0 Å². The van der Waals surface area contributed by atoms with Gasteiger partial charge in [0, 0.05) is 5.92 Å². The molecule has 4 heteroatoms. The van der Waals surface area contributed by atoms with Gasteiger partial charge in [0.2, 0.25) is 0 Å². The predicted octanol–water partition coefficient (Wildman–Crippen LogP) is 0.605. The lowest BCUT2D eigenvalue weighted by molar-refractivity contribution is -0.138. The minimum absolute atomic E-state index is 0.0116. The Kier molecular flexibility index (Phi) is 3.27. The van der Waals surface area contributed by atoms with E-state index in [1.165, 1.54) is 0 Å². The average Bonchev–Trinajstić information content (AvgIpc) is 2.32. The quantitative estimate of drug-likeness (QED) is 0.676. The third kappa shape index (κ3) is 2.42. The molecule has 0 aromatic heterocycles. The van der Waals surface area contributed by atoms with Crippen molar-refractivity contribution in [2.24, 2.45) is 11.7 Å². The van der Waals surface area contributed by atoms with Crippen LogP contribution in [0.25, 0.3) is 0 Å². The molecule has 4 nitrogen and oxygen atoms in total.